The van der Waals surface area contributed by atoms with Gasteiger partial charge in [0.25, 0.3) is 0 Å². The molecule has 0 unspecified atom stereocenters. The number of rotatable bonds is 6. The maximum atomic E-state index is 12.5. The van der Waals surface area contributed by atoms with Crippen molar-refractivity contribution in [2.75, 3.05) is 58.7 Å². The second-order valence-electron chi connectivity index (χ2n) is 7.00. The molecule has 0 spiro atoms. The highest BCUT2D eigenvalue weighted by Crippen LogP contribution is 2.22. The summed E-state index contributed by atoms with van der Waals surface area (Å²) in [4.78, 5) is 18.9. The van der Waals surface area contributed by atoms with Crippen LogP contribution in [0, 0.1) is 0 Å². The topological polar surface area (TPSA) is 48.0 Å². The summed E-state index contributed by atoms with van der Waals surface area (Å²) in [6.45, 7) is 5.45. The lowest BCUT2D eigenvalue weighted by Gasteiger charge is -2.35. The average molecular weight is 368 g/mol. The Bertz CT molecular complexity index is 711. The van der Waals surface area contributed by atoms with Crippen molar-refractivity contribution in [1.82, 2.24) is 14.7 Å². The molecule has 6 nitrogen and oxygen atoms in total. The number of hydrogen-bond donors (Lipinski definition) is 1. The van der Waals surface area contributed by atoms with E-state index in [0.29, 0.717) is 0 Å². The largest absolute Gasteiger partial charge is 0.457 e. The number of urea groups is 1. The van der Waals surface area contributed by atoms with Gasteiger partial charge in [0.15, 0.2) is 0 Å². The van der Waals surface area contributed by atoms with Crippen molar-refractivity contribution in [2.24, 2.45) is 0 Å². The maximum absolute atomic E-state index is 12.5. The molecule has 1 aliphatic rings. The molecular weight excluding hydrogens is 340 g/mol. The number of nitrogens with one attached hydrogen (secondary N) is 1. The number of likely N-dealkylation sites (N-methyl/N-ethyl adjacent to an activating group) is 1. The fourth-order valence-electron chi connectivity index (χ4n) is 2.95. The van der Waals surface area contributed by atoms with Gasteiger partial charge in [-0.2, -0.15) is 0 Å². The highest BCUT2D eigenvalue weighted by atomic mass is 16.5. The molecule has 27 heavy (non-hydrogen) atoms. The average Bonchev–Trinajstić information content (AvgIpc) is 2.69. The molecule has 1 fully saturated rings. The molecule has 0 aliphatic carbocycles. The molecule has 2 aromatic rings. The first-order chi connectivity index (χ1) is 13.1. The molecular formula is C21H28N4O2. The Morgan fingerprint density at radius 3 is 2.22 bits per heavy atom. The standard InChI is InChI=1S/C21H28N4O2/c1-23(2)12-13-24-14-16-25(17-15-24)21(26)22-18-8-10-20(11-9-18)27-19-6-4-3-5-7-19/h3-11H,12-17H2,1-2H3,(H,22,26). The molecule has 1 aliphatic heterocycles. The normalized spacial score (nSPS) is 15.0. The quantitative estimate of drug-likeness (QED) is 0.851. The van der Waals surface area contributed by atoms with Gasteiger partial charge in [0.1, 0.15) is 11.5 Å². The number of ether oxygens (including phenoxy) is 1. The Morgan fingerprint density at radius 1 is 0.963 bits per heavy atom. The number of piperazine rings is 1. The van der Waals surface area contributed by atoms with Crippen molar-refractivity contribution in [1.29, 1.82) is 0 Å². The van der Waals surface area contributed by atoms with E-state index < -0.39 is 0 Å². The molecule has 0 radical (unpaired) electrons. The van der Waals surface area contributed by atoms with Gasteiger partial charge in [0.2, 0.25) is 0 Å². The summed E-state index contributed by atoms with van der Waals surface area (Å²) in [6, 6.07) is 17.1. The predicted molar refractivity (Wildman–Crippen MR) is 109 cm³/mol. The number of hydrogen-bond acceptors (Lipinski definition) is 4. The van der Waals surface area contributed by atoms with Crippen molar-refractivity contribution < 1.29 is 9.53 Å². The molecule has 1 heterocycles. The number of anilines is 1. The van der Waals surface area contributed by atoms with Crippen LogP contribution in [0.25, 0.3) is 0 Å². The number of para-hydroxylation sites is 1. The minimum absolute atomic E-state index is 0.0426. The van der Waals surface area contributed by atoms with Crippen LogP contribution in [-0.2, 0) is 0 Å². The monoisotopic (exact) mass is 368 g/mol. The molecule has 0 atom stereocenters. The zero-order chi connectivity index (χ0) is 19.1. The molecule has 144 valence electrons. The third-order valence-corrected chi connectivity index (χ3v) is 4.61. The van der Waals surface area contributed by atoms with E-state index in [0.717, 1.165) is 56.5 Å². The lowest BCUT2D eigenvalue weighted by atomic mass is 10.3. The van der Waals surface area contributed by atoms with Gasteiger partial charge >= 0.3 is 6.03 Å². The Kier molecular flexibility index (Phi) is 6.68. The van der Waals surface area contributed by atoms with E-state index >= 15 is 0 Å². The number of benzene rings is 2. The number of carbonyl (C=O) groups is 1. The van der Waals surface area contributed by atoms with Crippen LogP contribution in [0.5, 0.6) is 11.5 Å². The molecule has 6 heteroatoms. The lowest BCUT2D eigenvalue weighted by molar-refractivity contribution is 0.140. The van der Waals surface area contributed by atoms with Crippen molar-refractivity contribution >= 4 is 11.7 Å². The Morgan fingerprint density at radius 2 is 1.59 bits per heavy atom. The van der Waals surface area contributed by atoms with Gasteiger partial charge in [-0.1, -0.05) is 18.2 Å². The number of nitrogens with zero attached hydrogens (tertiary/aromatic N) is 3. The molecule has 1 N–H and O–H groups in total. The molecule has 1 saturated heterocycles. The molecule has 3 rings (SSSR count). The van der Waals surface area contributed by atoms with Crippen LogP contribution in [0.3, 0.4) is 0 Å². The Hall–Kier alpha value is -2.57. The van der Waals surface area contributed by atoms with E-state index in [1.54, 1.807) is 0 Å². The summed E-state index contributed by atoms with van der Waals surface area (Å²) in [5.41, 5.74) is 0.774. The van der Waals surface area contributed by atoms with Gasteiger partial charge in [0.05, 0.1) is 0 Å². The molecule has 0 bridgehead atoms. The smallest absolute Gasteiger partial charge is 0.321 e. The fraction of sp³-hybridized carbons (Fsp3) is 0.381. The van der Waals surface area contributed by atoms with Crippen LogP contribution in [0.4, 0.5) is 10.5 Å². The van der Waals surface area contributed by atoms with E-state index in [1.807, 2.05) is 59.5 Å². The summed E-state index contributed by atoms with van der Waals surface area (Å²) in [5.74, 6) is 1.54. The van der Waals surface area contributed by atoms with Crippen LogP contribution >= 0.6 is 0 Å². The fourth-order valence-corrected chi connectivity index (χ4v) is 2.95. The van der Waals surface area contributed by atoms with Gasteiger partial charge in [0, 0.05) is 45.0 Å². The van der Waals surface area contributed by atoms with Crippen LogP contribution < -0.4 is 10.1 Å². The summed E-state index contributed by atoms with van der Waals surface area (Å²) in [7, 11) is 4.17. The third kappa shape index (κ3) is 5.98. The van der Waals surface area contributed by atoms with Crippen LogP contribution in [0.15, 0.2) is 54.6 Å². The van der Waals surface area contributed by atoms with Gasteiger partial charge in [-0.15, -0.1) is 0 Å². The summed E-state index contributed by atoms with van der Waals surface area (Å²) >= 11 is 0. The van der Waals surface area contributed by atoms with Crippen LogP contribution in [-0.4, -0.2) is 74.1 Å². The molecule has 0 aromatic heterocycles. The summed E-state index contributed by atoms with van der Waals surface area (Å²) in [5, 5.41) is 2.97. The first-order valence-electron chi connectivity index (χ1n) is 9.36. The minimum Gasteiger partial charge on any atom is -0.457 e. The van der Waals surface area contributed by atoms with E-state index in [-0.39, 0.29) is 6.03 Å². The highest BCUT2D eigenvalue weighted by molar-refractivity contribution is 5.89. The summed E-state index contributed by atoms with van der Waals surface area (Å²) in [6.07, 6.45) is 0. The molecule has 0 saturated carbocycles. The van der Waals surface area contributed by atoms with E-state index in [9.17, 15) is 4.79 Å². The SMILES string of the molecule is CN(C)CCN1CCN(C(=O)Nc2ccc(Oc3ccccc3)cc2)CC1. The zero-order valence-electron chi connectivity index (χ0n) is 16.1. The lowest BCUT2D eigenvalue weighted by Crippen LogP contribution is -2.51. The third-order valence-electron chi connectivity index (χ3n) is 4.61. The Balaban J connectivity index is 1.46. The van der Waals surface area contributed by atoms with Gasteiger partial charge in [-0.05, 0) is 50.5 Å². The second-order valence-corrected chi connectivity index (χ2v) is 7.00. The first-order valence-corrected chi connectivity index (χ1v) is 9.36. The van der Waals surface area contributed by atoms with Gasteiger partial charge in [-0.3, -0.25) is 4.90 Å². The van der Waals surface area contributed by atoms with Crippen LogP contribution in [0.1, 0.15) is 0 Å². The van der Waals surface area contributed by atoms with Crippen LogP contribution in [0.2, 0.25) is 0 Å². The number of carbonyl (C=O) groups excluding carboxylic acids is 1. The first kappa shape index (κ1) is 19.2. The van der Waals surface area contributed by atoms with Crippen molar-refractivity contribution in [3.05, 3.63) is 54.6 Å². The van der Waals surface area contributed by atoms with E-state index in [4.69, 9.17) is 4.74 Å². The number of amides is 2. The zero-order valence-corrected chi connectivity index (χ0v) is 16.1. The van der Waals surface area contributed by atoms with Crippen molar-refractivity contribution in [3.8, 4) is 11.5 Å². The van der Waals surface area contributed by atoms with Crippen molar-refractivity contribution in [3.63, 3.8) is 0 Å². The van der Waals surface area contributed by atoms with E-state index in [1.165, 1.54) is 0 Å². The van der Waals surface area contributed by atoms with Crippen molar-refractivity contribution in [2.45, 2.75) is 0 Å². The van der Waals surface area contributed by atoms with Gasteiger partial charge in [-0.25, -0.2) is 4.79 Å². The maximum Gasteiger partial charge on any atom is 0.321 e. The summed E-state index contributed by atoms with van der Waals surface area (Å²) < 4.78 is 5.77. The van der Waals surface area contributed by atoms with E-state index in [2.05, 4.69) is 29.2 Å². The minimum atomic E-state index is -0.0426. The Labute approximate surface area is 161 Å². The second kappa shape index (κ2) is 9.39. The molecule has 2 aromatic carbocycles. The molecule has 2 amide bonds. The van der Waals surface area contributed by atoms with Gasteiger partial charge < -0.3 is 19.9 Å². The highest BCUT2D eigenvalue weighted by Gasteiger charge is 2.20. The predicted octanol–water partition coefficient (Wildman–Crippen LogP) is 3.19.